The third-order valence-electron chi connectivity index (χ3n) is 7.37. The summed E-state index contributed by atoms with van der Waals surface area (Å²) in [5, 5.41) is 9.94. The normalized spacial score (nSPS) is 13.0. The van der Waals surface area contributed by atoms with E-state index in [1.807, 2.05) is 55.7 Å². The maximum absolute atomic E-state index is 14.9. The summed E-state index contributed by atoms with van der Waals surface area (Å²) in [4.78, 5) is 39.1. The first-order valence-corrected chi connectivity index (χ1v) is 14.2. The Kier molecular flexibility index (Phi) is 11.3. The Hall–Kier alpha value is -3.69. The Bertz CT molecular complexity index is 1380. The third kappa shape index (κ3) is 8.42. The fourth-order valence-electron chi connectivity index (χ4n) is 5.16. The zero-order valence-electron chi connectivity index (χ0n) is 24.8. The van der Waals surface area contributed by atoms with Crippen molar-refractivity contribution >= 4 is 17.5 Å². The molecular weight excluding hydrogens is 540 g/mol. The van der Waals surface area contributed by atoms with E-state index in [0.717, 1.165) is 23.8 Å². The lowest BCUT2D eigenvalue weighted by atomic mass is 9.82. The summed E-state index contributed by atoms with van der Waals surface area (Å²) >= 11 is 0. The number of carbonyl (C=O) groups is 3. The smallest absolute Gasteiger partial charge is 0.248 e. The van der Waals surface area contributed by atoms with Crippen LogP contribution >= 0.6 is 0 Å². The van der Waals surface area contributed by atoms with Gasteiger partial charge in [-0.25, -0.2) is 8.78 Å². The molecule has 0 saturated heterocycles. The maximum Gasteiger partial charge on any atom is 0.248 e. The number of Topliss-reactive ketones (excluding diaryl/α,β-unsaturated/α-hetero) is 2. The number of aliphatic hydroxyl groups excluding tert-OH is 1. The molecule has 0 spiro atoms. The molecule has 3 rings (SSSR count). The molecule has 2 aromatic carbocycles. The average Bonchev–Trinajstić information content (AvgIpc) is 3.36. The molecule has 3 aromatic rings. The molecule has 2 unspecified atom stereocenters. The van der Waals surface area contributed by atoms with Crippen molar-refractivity contribution in [2.24, 2.45) is 11.1 Å². The van der Waals surface area contributed by atoms with Crippen molar-refractivity contribution in [1.82, 2.24) is 9.47 Å². The van der Waals surface area contributed by atoms with Crippen molar-refractivity contribution < 1.29 is 28.3 Å². The minimum Gasteiger partial charge on any atom is -0.387 e. The highest BCUT2D eigenvalue weighted by Gasteiger charge is 2.37. The summed E-state index contributed by atoms with van der Waals surface area (Å²) in [6, 6.07) is 13.1. The van der Waals surface area contributed by atoms with Crippen LogP contribution < -0.4 is 5.73 Å². The van der Waals surface area contributed by atoms with Gasteiger partial charge in [-0.2, -0.15) is 0 Å². The van der Waals surface area contributed by atoms with Gasteiger partial charge < -0.3 is 20.3 Å². The van der Waals surface area contributed by atoms with Crippen LogP contribution in [0, 0.1) is 17.0 Å². The minimum atomic E-state index is -0.891. The van der Waals surface area contributed by atoms with E-state index in [1.165, 1.54) is 4.90 Å². The minimum absolute atomic E-state index is 0.0230. The van der Waals surface area contributed by atoms with E-state index in [1.54, 1.807) is 19.2 Å². The molecule has 3 N–H and O–H groups in total. The number of amides is 1. The molecule has 7 nitrogen and oxygen atoms in total. The number of benzene rings is 2. The first-order valence-electron chi connectivity index (χ1n) is 14.2. The van der Waals surface area contributed by atoms with Crippen molar-refractivity contribution in [1.29, 1.82) is 0 Å². The molecule has 0 aliphatic heterocycles. The van der Waals surface area contributed by atoms with E-state index in [4.69, 9.17) is 5.73 Å². The Morgan fingerprint density at radius 1 is 1.02 bits per heavy atom. The van der Waals surface area contributed by atoms with Gasteiger partial charge in [0.25, 0.3) is 0 Å². The molecule has 1 amide bonds. The van der Waals surface area contributed by atoms with E-state index in [0.29, 0.717) is 24.2 Å². The van der Waals surface area contributed by atoms with Crippen LogP contribution in [0.2, 0.25) is 0 Å². The summed E-state index contributed by atoms with van der Waals surface area (Å²) in [7, 11) is 0. The zero-order chi connectivity index (χ0) is 31.0. The molecule has 2 atom stereocenters. The van der Waals surface area contributed by atoms with Crippen LogP contribution in [0.5, 0.6) is 0 Å². The van der Waals surface area contributed by atoms with Gasteiger partial charge in [0.2, 0.25) is 5.91 Å². The number of aromatic nitrogens is 1. The highest BCUT2D eigenvalue weighted by atomic mass is 19.1. The van der Waals surface area contributed by atoms with Gasteiger partial charge in [-0.05, 0) is 41.7 Å². The molecule has 1 aromatic heterocycles. The van der Waals surface area contributed by atoms with Gasteiger partial charge in [-0.1, -0.05) is 58.0 Å². The van der Waals surface area contributed by atoms with E-state index in [-0.39, 0.29) is 42.9 Å². The third-order valence-corrected chi connectivity index (χ3v) is 7.37. The SMILES string of the molecule is CCC(=O)CCC(=O)C(N)CCN(C(=O)CO)C(c1cc(-c2cc(F)ccc2F)cn1Cc1ccccc1)C(C)(C)C. The predicted molar refractivity (Wildman–Crippen MR) is 158 cm³/mol. The van der Waals surface area contributed by atoms with Crippen molar-refractivity contribution in [3.63, 3.8) is 0 Å². The second-order valence-electron chi connectivity index (χ2n) is 11.7. The van der Waals surface area contributed by atoms with E-state index in [2.05, 4.69) is 0 Å². The topological polar surface area (TPSA) is 106 Å². The first-order chi connectivity index (χ1) is 19.8. The quantitative estimate of drug-likeness (QED) is 0.264. The maximum atomic E-state index is 14.9. The van der Waals surface area contributed by atoms with Gasteiger partial charge in [0.1, 0.15) is 29.8 Å². The molecule has 0 fully saturated rings. The summed E-state index contributed by atoms with van der Waals surface area (Å²) < 4.78 is 30.9. The highest BCUT2D eigenvalue weighted by molar-refractivity contribution is 5.88. The van der Waals surface area contributed by atoms with Crippen LogP contribution in [0.1, 0.15) is 70.7 Å². The molecular formula is C33H41F2N3O4. The van der Waals surface area contributed by atoms with Crippen molar-refractivity contribution in [2.45, 2.75) is 72.0 Å². The molecule has 0 bridgehead atoms. The number of rotatable bonds is 14. The number of hydrogen-bond acceptors (Lipinski definition) is 5. The Labute approximate surface area is 246 Å². The van der Waals surface area contributed by atoms with Crippen LogP contribution in [0.4, 0.5) is 8.78 Å². The predicted octanol–water partition coefficient (Wildman–Crippen LogP) is 5.44. The fourth-order valence-corrected chi connectivity index (χ4v) is 5.16. The monoisotopic (exact) mass is 581 g/mol. The van der Waals surface area contributed by atoms with Crippen LogP contribution in [-0.4, -0.2) is 51.2 Å². The molecule has 0 aliphatic rings. The Morgan fingerprint density at radius 2 is 1.71 bits per heavy atom. The molecule has 0 radical (unpaired) electrons. The van der Waals surface area contributed by atoms with Gasteiger partial charge in [-0.3, -0.25) is 14.4 Å². The largest absolute Gasteiger partial charge is 0.387 e. The van der Waals surface area contributed by atoms with Gasteiger partial charge in [0, 0.05) is 55.4 Å². The number of halogens is 2. The second kappa shape index (κ2) is 14.5. The number of nitrogens with two attached hydrogens (primary N) is 1. The Balaban J connectivity index is 2.05. The van der Waals surface area contributed by atoms with Crippen LogP contribution in [0.25, 0.3) is 11.1 Å². The lowest BCUT2D eigenvalue weighted by Gasteiger charge is -2.41. The number of aliphatic hydroxyl groups is 1. The zero-order valence-corrected chi connectivity index (χ0v) is 24.8. The molecule has 0 saturated carbocycles. The summed E-state index contributed by atoms with van der Waals surface area (Å²) in [6.45, 7) is 7.27. The van der Waals surface area contributed by atoms with Crippen molar-refractivity contribution in [3.05, 3.63) is 83.7 Å². The number of hydrogen-bond donors (Lipinski definition) is 2. The average molecular weight is 582 g/mol. The van der Waals surface area contributed by atoms with Crippen LogP contribution in [-0.2, 0) is 20.9 Å². The summed E-state index contributed by atoms with van der Waals surface area (Å²) in [5.41, 5.74) is 7.74. The number of ketones is 2. The fraction of sp³-hybridized carbons (Fsp3) is 0.424. The standard InChI is InChI=1S/C33H41F2N3O4/c1-5-25(40)12-14-30(41)28(36)15-16-38(31(42)21-39)32(33(2,3)4)29-17-23(26-18-24(34)11-13-27(26)35)20-37(29)19-22-9-7-6-8-10-22/h6-11,13,17-18,20,28,32,39H,5,12,14-16,19,21,36H2,1-4H3. The molecule has 226 valence electrons. The van der Waals surface area contributed by atoms with E-state index < -0.39 is 41.6 Å². The molecule has 1 heterocycles. The second-order valence-corrected chi connectivity index (χ2v) is 11.7. The van der Waals surface area contributed by atoms with E-state index >= 15 is 0 Å². The van der Waals surface area contributed by atoms with Gasteiger partial charge >= 0.3 is 0 Å². The van der Waals surface area contributed by atoms with E-state index in [9.17, 15) is 28.3 Å². The summed E-state index contributed by atoms with van der Waals surface area (Å²) in [6.07, 6.45) is 2.37. The number of nitrogens with zero attached hydrogens (tertiary/aromatic N) is 2. The van der Waals surface area contributed by atoms with Crippen LogP contribution in [0.15, 0.2) is 60.8 Å². The molecule has 0 aliphatic carbocycles. The summed E-state index contributed by atoms with van der Waals surface area (Å²) in [5.74, 6) is -2.00. The van der Waals surface area contributed by atoms with Crippen LogP contribution in [0.3, 0.4) is 0 Å². The number of carbonyl (C=O) groups excluding carboxylic acids is 3. The molecule has 9 heteroatoms. The van der Waals surface area contributed by atoms with Crippen molar-refractivity contribution in [3.8, 4) is 11.1 Å². The lowest BCUT2D eigenvalue weighted by molar-refractivity contribution is -0.140. The van der Waals surface area contributed by atoms with Gasteiger partial charge in [-0.15, -0.1) is 0 Å². The first kappa shape index (κ1) is 32.8. The lowest BCUT2D eigenvalue weighted by Crippen LogP contribution is -2.46. The van der Waals surface area contributed by atoms with Gasteiger partial charge in [0.15, 0.2) is 0 Å². The van der Waals surface area contributed by atoms with Gasteiger partial charge in [0.05, 0.1) is 12.1 Å². The van der Waals surface area contributed by atoms with Crippen molar-refractivity contribution in [2.75, 3.05) is 13.2 Å². The molecule has 42 heavy (non-hydrogen) atoms. The Morgan fingerprint density at radius 3 is 2.33 bits per heavy atom. The highest BCUT2D eigenvalue weighted by Crippen LogP contribution is 2.41.